The summed E-state index contributed by atoms with van der Waals surface area (Å²) in [5, 5.41) is 20.4. The van der Waals surface area contributed by atoms with Crippen molar-refractivity contribution in [2.75, 3.05) is 5.01 Å². The van der Waals surface area contributed by atoms with Crippen LogP contribution < -0.4 is 10.4 Å². The number of amides is 2. The molecule has 0 spiro atoms. The maximum atomic E-state index is 12.4. The van der Waals surface area contributed by atoms with E-state index in [2.05, 4.69) is 5.43 Å². The van der Waals surface area contributed by atoms with E-state index >= 15 is 0 Å². The highest BCUT2D eigenvalue weighted by Crippen LogP contribution is 2.27. The van der Waals surface area contributed by atoms with Gasteiger partial charge in [0.05, 0.1) is 5.69 Å². The summed E-state index contributed by atoms with van der Waals surface area (Å²) in [6.45, 7) is 0. The first-order valence-corrected chi connectivity index (χ1v) is 6.98. The van der Waals surface area contributed by atoms with Crippen LogP contribution in [0.25, 0.3) is 6.08 Å². The molecule has 116 valence electrons. The van der Waals surface area contributed by atoms with Gasteiger partial charge in [-0.1, -0.05) is 17.7 Å². The molecule has 0 saturated carbocycles. The predicted molar refractivity (Wildman–Crippen MR) is 84.8 cm³/mol. The summed E-state index contributed by atoms with van der Waals surface area (Å²) in [4.78, 5) is 24.4. The van der Waals surface area contributed by atoms with E-state index in [9.17, 15) is 19.8 Å². The number of anilines is 1. The molecule has 2 amide bonds. The van der Waals surface area contributed by atoms with E-state index in [0.717, 1.165) is 5.01 Å². The third kappa shape index (κ3) is 2.84. The van der Waals surface area contributed by atoms with Crippen molar-refractivity contribution in [2.24, 2.45) is 0 Å². The lowest BCUT2D eigenvalue weighted by Crippen LogP contribution is -2.35. The Morgan fingerprint density at radius 3 is 2.35 bits per heavy atom. The van der Waals surface area contributed by atoms with Gasteiger partial charge in [0.2, 0.25) is 0 Å². The zero-order chi connectivity index (χ0) is 16.6. The molecule has 1 aliphatic heterocycles. The Morgan fingerprint density at radius 1 is 1.00 bits per heavy atom. The molecular weight excluding hydrogens is 320 g/mol. The second kappa shape index (κ2) is 5.66. The number of aromatic hydroxyl groups is 2. The van der Waals surface area contributed by atoms with Crippen LogP contribution in [0.4, 0.5) is 5.69 Å². The molecule has 0 bridgehead atoms. The zero-order valence-electron chi connectivity index (χ0n) is 11.7. The molecule has 2 aromatic carbocycles. The number of phenols is 2. The smallest absolute Gasteiger partial charge is 0.282 e. The molecule has 23 heavy (non-hydrogen) atoms. The van der Waals surface area contributed by atoms with Gasteiger partial charge >= 0.3 is 0 Å². The average molecular weight is 331 g/mol. The summed E-state index contributed by atoms with van der Waals surface area (Å²) in [7, 11) is 0. The lowest BCUT2D eigenvalue weighted by Gasteiger charge is -2.14. The van der Waals surface area contributed by atoms with Gasteiger partial charge in [-0.2, -0.15) is 0 Å². The lowest BCUT2D eigenvalue weighted by molar-refractivity contribution is -0.117. The molecule has 0 atom stereocenters. The highest BCUT2D eigenvalue weighted by Gasteiger charge is 2.34. The Balaban J connectivity index is 1.93. The van der Waals surface area contributed by atoms with E-state index in [-0.39, 0.29) is 17.1 Å². The number of hydrogen-bond donors (Lipinski definition) is 3. The van der Waals surface area contributed by atoms with E-state index in [4.69, 9.17) is 11.6 Å². The molecule has 0 radical (unpaired) electrons. The molecule has 7 heteroatoms. The van der Waals surface area contributed by atoms with E-state index in [0.29, 0.717) is 16.3 Å². The summed E-state index contributed by atoms with van der Waals surface area (Å²) < 4.78 is 0. The predicted octanol–water partition coefficient (Wildman–Crippen LogP) is 2.21. The second-order valence-corrected chi connectivity index (χ2v) is 5.30. The number of carbonyl (C=O) groups is 2. The van der Waals surface area contributed by atoms with Gasteiger partial charge in [0.25, 0.3) is 11.8 Å². The number of halogens is 1. The van der Waals surface area contributed by atoms with Crippen molar-refractivity contribution in [3.05, 3.63) is 58.6 Å². The van der Waals surface area contributed by atoms with Gasteiger partial charge in [0.1, 0.15) is 5.57 Å². The third-order valence-corrected chi connectivity index (χ3v) is 3.54. The molecule has 0 aromatic heterocycles. The van der Waals surface area contributed by atoms with Gasteiger partial charge < -0.3 is 10.2 Å². The summed E-state index contributed by atoms with van der Waals surface area (Å²) >= 11 is 5.80. The molecule has 1 saturated heterocycles. The van der Waals surface area contributed by atoms with Crippen molar-refractivity contribution in [2.45, 2.75) is 0 Å². The number of hydrogen-bond acceptors (Lipinski definition) is 4. The van der Waals surface area contributed by atoms with Crippen molar-refractivity contribution in [3.63, 3.8) is 0 Å². The normalized spacial score (nSPS) is 16.0. The van der Waals surface area contributed by atoms with E-state index in [1.807, 2.05) is 0 Å². The minimum absolute atomic E-state index is 0.0787. The second-order valence-electron chi connectivity index (χ2n) is 4.86. The highest BCUT2D eigenvalue weighted by molar-refractivity contribution is 6.32. The Hall–Kier alpha value is -2.99. The molecule has 2 aromatic rings. The summed E-state index contributed by atoms with van der Waals surface area (Å²) in [6.07, 6.45) is 1.34. The Labute approximate surface area is 136 Å². The Morgan fingerprint density at radius 2 is 1.70 bits per heavy atom. The van der Waals surface area contributed by atoms with Crippen LogP contribution in [0.2, 0.25) is 5.02 Å². The van der Waals surface area contributed by atoms with Gasteiger partial charge in [-0.05, 0) is 48.0 Å². The van der Waals surface area contributed by atoms with Crippen LogP contribution in [0.15, 0.2) is 48.0 Å². The third-order valence-electron chi connectivity index (χ3n) is 3.29. The van der Waals surface area contributed by atoms with Crippen LogP contribution >= 0.6 is 11.6 Å². The molecule has 1 aliphatic rings. The van der Waals surface area contributed by atoms with Gasteiger partial charge in [-0.15, -0.1) is 0 Å². The summed E-state index contributed by atoms with van der Waals surface area (Å²) in [6, 6.07) is 10.4. The van der Waals surface area contributed by atoms with Gasteiger partial charge in [0, 0.05) is 5.02 Å². The van der Waals surface area contributed by atoms with Gasteiger partial charge in [-0.3, -0.25) is 15.0 Å². The Bertz CT molecular complexity index is 830. The van der Waals surface area contributed by atoms with Crippen LogP contribution in [-0.2, 0) is 9.59 Å². The first-order chi connectivity index (χ1) is 11.0. The largest absolute Gasteiger partial charge is 0.504 e. The number of hydrazine groups is 1. The molecule has 3 rings (SSSR count). The van der Waals surface area contributed by atoms with Crippen LogP contribution in [0.1, 0.15) is 5.56 Å². The Kier molecular flexibility index (Phi) is 3.67. The average Bonchev–Trinajstić information content (AvgIpc) is 2.80. The van der Waals surface area contributed by atoms with Gasteiger partial charge in [-0.25, -0.2) is 5.01 Å². The molecule has 6 nitrogen and oxygen atoms in total. The monoisotopic (exact) mass is 330 g/mol. The van der Waals surface area contributed by atoms with Gasteiger partial charge in [0.15, 0.2) is 11.5 Å². The highest BCUT2D eigenvalue weighted by atomic mass is 35.5. The molecule has 0 aliphatic carbocycles. The fraction of sp³-hybridized carbons (Fsp3) is 0. The van der Waals surface area contributed by atoms with Crippen LogP contribution in [0, 0.1) is 0 Å². The molecule has 1 heterocycles. The molecule has 0 unspecified atom stereocenters. The number of benzene rings is 2. The van der Waals surface area contributed by atoms with Crippen molar-refractivity contribution in [1.82, 2.24) is 5.43 Å². The first-order valence-electron chi connectivity index (χ1n) is 6.60. The lowest BCUT2D eigenvalue weighted by atomic mass is 10.1. The minimum Gasteiger partial charge on any atom is -0.504 e. The fourth-order valence-corrected chi connectivity index (χ4v) is 2.25. The van der Waals surface area contributed by atoms with Crippen molar-refractivity contribution in [3.8, 4) is 11.5 Å². The minimum atomic E-state index is -0.558. The fourth-order valence-electron chi connectivity index (χ4n) is 2.13. The quantitative estimate of drug-likeness (QED) is 0.447. The topological polar surface area (TPSA) is 89.9 Å². The van der Waals surface area contributed by atoms with E-state index in [1.165, 1.54) is 24.3 Å². The zero-order valence-corrected chi connectivity index (χ0v) is 12.4. The van der Waals surface area contributed by atoms with Crippen molar-refractivity contribution in [1.29, 1.82) is 0 Å². The van der Waals surface area contributed by atoms with Crippen molar-refractivity contribution < 1.29 is 19.8 Å². The first kappa shape index (κ1) is 14.9. The number of carbonyl (C=O) groups excluding carboxylic acids is 2. The number of nitrogens with zero attached hydrogens (tertiary/aromatic N) is 1. The van der Waals surface area contributed by atoms with E-state index in [1.54, 1.807) is 24.3 Å². The molecular formula is C16H11ClN2O4. The van der Waals surface area contributed by atoms with Crippen LogP contribution in [0.5, 0.6) is 11.5 Å². The molecule has 3 N–H and O–H groups in total. The SMILES string of the molecule is O=C1NN(c2ccc(Cl)cc2)C(=O)/C1=C\c1ccc(O)c(O)c1. The summed E-state index contributed by atoms with van der Waals surface area (Å²) in [5.41, 5.74) is 3.27. The van der Waals surface area contributed by atoms with Crippen LogP contribution in [-0.4, -0.2) is 22.0 Å². The maximum absolute atomic E-state index is 12.4. The molecule has 1 fully saturated rings. The maximum Gasteiger partial charge on any atom is 0.282 e. The van der Waals surface area contributed by atoms with Crippen LogP contribution in [0.3, 0.4) is 0 Å². The van der Waals surface area contributed by atoms with E-state index < -0.39 is 11.8 Å². The number of phenolic OH excluding ortho intramolecular Hbond substituents is 2. The number of rotatable bonds is 2. The summed E-state index contributed by atoms with van der Waals surface area (Å²) in [5.74, 6) is -1.70. The standard InChI is InChI=1S/C16H11ClN2O4/c17-10-2-4-11(5-3-10)19-16(23)12(15(22)18-19)7-9-1-6-13(20)14(21)8-9/h1-8,20-21H,(H,18,22)/b12-7-. The number of nitrogens with one attached hydrogen (secondary N) is 1. The van der Waals surface area contributed by atoms with Crippen molar-refractivity contribution >= 4 is 35.2 Å².